The van der Waals surface area contributed by atoms with E-state index in [0.717, 1.165) is 58.4 Å². The molecule has 2 aromatic rings. The number of hydrogen-bond acceptors (Lipinski definition) is 6. The van der Waals surface area contributed by atoms with E-state index in [2.05, 4.69) is 20.2 Å². The predicted molar refractivity (Wildman–Crippen MR) is 117 cm³/mol. The molecule has 0 spiro atoms. The second-order valence-electron chi connectivity index (χ2n) is 8.57. The summed E-state index contributed by atoms with van der Waals surface area (Å²) >= 11 is 0. The Morgan fingerprint density at radius 3 is 2.68 bits per heavy atom. The number of pyridine rings is 1. The third-order valence-corrected chi connectivity index (χ3v) is 6.59. The molecule has 3 heterocycles. The lowest BCUT2D eigenvalue weighted by Gasteiger charge is -2.48. The number of amides is 1. The number of nitrogens with zero attached hydrogens (tertiary/aromatic N) is 3. The van der Waals surface area contributed by atoms with Gasteiger partial charge >= 0.3 is 5.69 Å². The summed E-state index contributed by atoms with van der Waals surface area (Å²) in [5.41, 5.74) is -0.404. The van der Waals surface area contributed by atoms with Crippen LogP contribution in [0.3, 0.4) is 0 Å². The van der Waals surface area contributed by atoms with Gasteiger partial charge in [-0.1, -0.05) is 26.2 Å². The maximum atomic E-state index is 13.0. The quantitative estimate of drug-likeness (QED) is 0.716. The van der Waals surface area contributed by atoms with Crippen molar-refractivity contribution in [2.75, 3.05) is 32.8 Å². The molecule has 4 rings (SSSR count). The Morgan fingerprint density at radius 2 is 1.97 bits per heavy atom. The minimum Gasteiger partial charge on any atom is -0.379 e. The molecule has 1 saturated heterocycles. The largest absolute Gasteiger partial charge is 0.379 e. The Bertz CT molecular complexity index is 1050. The monoisotopic (exact) mass is 429 g/mol. The number of nitrogens with one attached hydrogen (secondary N) is 2. The first-order valence-corrected chi connectivity index (χ1v) is 11.3. The number of aryl methyl sites for hydroxylation is 1. The first-order valence-electron chi connectivity index (χ1n) is 11.3. The van der Waals surface area contributed by atoms with Crippen LogP contribution in [0.1, 0.15) is 55.8 Å². The van der Waals surface area contributed by atoms with Gasteiger partial charge in [0.05, 0.1) is 24.2 Å². The average molecular weight is 430 g/mol. The molecule has 2 fully saturated rings. The molecule has 168 valence electrons. The van der Waals surface area contributed by atoms with Crippen LogP contribution in [0, 0.1) is 0 Å². The third-order valence-electron chi connectivity index (χ3n) is 6.59. The molecule has 0 unspecified atom stereocenters. The molecular weight excluding hydrogens is 398 g/mol. The molecule has 1 amide bonds. The third kappa shape index (κ3) is 4.43. The number of aromatic nitrogens is 3. The highest BCUT2D eigenvalue weighted by Crippen LogP contribution is 2.34. The molecule has 9 heteroatoms. The number of aromatic amines is 1. The lowest BCUT2D eigenvalue weighted by molar-refractivity contribution is -0.0361. The van der Waals surface area contributed by atoms with Gasteiger partial charge in [0.2, 0.25) is 0 Å². The number of morpholine rings is 1. The van der Waals surface area contributed by atoms with Crippen molar-refractivity contribution >= 4 is 16.9 Å². The van der Waals surface area contributed by atoms with E-state index in [1.165, 1.54) is 23.3 Å². The van der Waals surface area contributed by atoms with Gasteiger partial charge in [-0.15, -0.1) is 0 Å². The summed E-state index contributed by atoms with van der Waals surface area (Å²) in [6.45, 7) is 6.19. The number of carbonyl (C=O) groups excluding carboxylic acids is 1. The second-order valence-corrected chi connectivity index (χ2v) is 8.57. The van der Waals surface area contributed by atoms with Crippen LogP contribution in [0.25, 0.3) is 11.0 Å². The van der Waals surface area contributed by atoms with Crippen LogP contribution in [-0.2, 0) is 11.3 Å². The molecule has 1 saturated carbocycles. The van der Waals surface area contributed by atoms with Crippen molar-refractivity contribution < 1.29 is 9.53 Å². The molecule has 0 bridgehead atoms. The summed E-state index contributed by atoms with van der Waals surface area (Å²) in [7, 11) is 0. The molecule has 2 aliphatic rings. The Labute approximate surface area is 180 Å². The van der Waals surface area contributed by atoms with Crippen LogP contribution >= 0.6 is 0 Å². The van der Waals surface area contributed by atoms with E-state index in [1.807, 2.05) is 6.92 Å². The van der Waals surface area contributed by atoms with E-state index in [-0.39, 0.29) is 16.8 Å². The Hall–Kier alpha value is -2.52. The van der Waals surface area contributed by atoms with Crippen LogP contribution in [0.4, 0.5) is 0 Å². The Morgan fingerprint density at radius 1 is 1.23 bits per heavy atom. The van der Waals surface area contributed by atoms with Crippen LogP contribution in [0.15, 0.2) is 21.9 Å². The number of carbonyl (C=O) groups is 1. The summed E-state index contributed by atoms with van der Waals surface area (Å²) in [5, 5.41) is 3.35. The number of H-pyrrole nitrogens is 1. The fraction of sp³-hybridized carbons (Fsp3) is 0.636. The van der Waals surface area contributed by atoms with Gasteiger partial charge in [0.15, 0.2) is 0 Å². The zero-order valence-corrected chi connectivity index (χ0v) is 18.1. The lowest BCUT2D eigenvalue weighted by Crippen LogP contribution is -2.59. The Kier molecular flexibility index (Phi) is 6.52. The van der Waals surface area contributed by atoms with E-state index in [9.17, 15) is 14.4 Å². The van der Waals surface area contributed by atoms with Gasteiger partial charge in [-0.25, -0.2) is 9.78 Å². The maximum Gasteiger partial charge on any atom is 0.329 e. The van der Waals surface area contributed by atoms with Crippen LogP contribution in [0.2, 0.25) is 0 Å². The van der Waals surface area contributed by atoms with Crippen molar-refractivity contribution in [3.63, 3.8) is 0 Å². The summed E-state index contributed by atoms with van der Waals surface area (Å²) in [6, 6.07) is 1.53. The van der Waals surface area contributed by atoms with E-state index in [0.29, 0.717) is 24.3 Å². The highest BCUT2D eigenvalue weighted by Gasteiger charge is 2.38. The first kappa shape index (κ1) is 21.7. The minimum absolute atomic E-state index is 0.0406. The van der Waals surface area contributed by atoms with Gasteiger partial charge in [-0.3, -0.25) is 24.0 Å². The van der Waals surface area contributed by atoms with Crippen molar-refractivity contribution in [2.24, 2.45) is 0 Å². The van der Waals surface area contributed by atoms with Crippen molar-refractivity contribution in [3.05, 3.63) is 38.7 Å². The van der Waals surface area contributed by atoms with Crippen LogP contribution in [-0.4, -0.2) is 63.7 Å². The number of fused-ring (bicyclic) bond motifs is 1. The molecule has 9 nitrogen and oxygen atoms in total. The molecular formula is C22H31N5O4. The summed E-state index contributed by atoms with van der Waals surface area (Å²) in [5.74, 6) is -0.250. The molecule has 1 aliphatic heterocycles. The van der Waals surface area contributed by atoms with Crippen molar-refractivity contribution in [1.82, 2.24) is 24.8 Å². The molecule has 0 aromatic carbocycles. The molecule has 1 aliphatic carbocycles. The van der Waals surface area contributed by atoms with Crippen LogP contribution < -0.4 is 16.6 Å². The van der Waals surface area contributed by atoms with Crippen molar-refractivity contribution in [2.45, 2.75) is 57.5 Å². The predicted octanol–water partition coefficient (Wildman–Crippen LogP) is 1.26. The van der Waals surface area contributed by atoms with E-state index in [1.54, 1.807) is 0 Å². The fourth-order valence-corrected chi connectivity index (χ4v) is 4.92. The normalized spacial score (nSPS) is 19.4. The molecule has 0 radical (unpaired) electrons. The van der Waals surface area contributed by atoms with Crippen molar-refractivity contribution in [1.29, 1.82) is 0 Å². The van der Waals surface area contributed by atoms with Crippen LogP contribution in [0.5, 0.6) is 0 Å². The van der Waals surface area contributed by atoms with E-state index in [4.69, 9.17) is 4.74 Å². The van der Waals surface area contributed by atoms with E-state index >= 15 is 0 Å². The Balaban J connectivity index is 1.56. The van der Waals surface area contributed by atoms with Gasteiger partial charge in [0.1, 0.15) is 5.65 Å². The van der Waals surface area contributed by atoms with Gasteiger partial charge in [-0.05, 0) is 25.3 Å². The summed E-state index contributed by atoms with van der Waals surface area (Å²) in [4.78, 5) is 46.5. The van der Waals surface area contributed by atoms with E-state index < -0.39 is 11.2 Å². The second kappa shape index (κ2) is 9.32. The average Bonchev–Trinajstić information content (AvgIpc) is 2.81. The topological polar surface area (TPSA) is 109 Å². The highest BCUT2D eigenvalue weighted by molar-refractivity contribution is 5.96. The van der Waals surface area contributed by atoms with Gasteiger partial charge < -0.3 is 10.1 Å². The lowest BCUT2D eigenvalue weighted by atomic mass is 9.79. The smallest absolute Gasteiger partial charge is 0.329 e. The number of hydrogen-bond donors (Lipinski definition) is 2. The van der Waals surface area contributed by atoms with Gasteiger partial charge in [0, 0.05) is 37.9 Å². The molecule has 2 N–H and O–H groups in total. The summed E-state index contributed by atoms with van der Waals surface area (Å²) < 4.78 is 6.96. The number of ether oxygens (including phenoxy) is 1. The zero-order valence-electron chi connectivity index (χ0n) is 18.1. The van der Waals surface area contributed by atoms with Gasteiger partial charge in [-0.2, -0.15) is 0 Å². The molecule has 2 aromatic heterocycles. The SMILES string of the molecule is CCCn1c(=O)[nH]c(=O)c2cc(C(=O)NCC3(N4CCOCC4)CCCCC3)cnc21. The molecule has 31 heavy (non-hydrogen) atoms. The first-order chi connectivity index (χ1) is 15.0. The highest BCUT2D eigenvalue weighted by atomic mass is 16.5. The standard InChI is InChI=1S/C22H31N5O4/c1-2-8-27-18-17(20(29)25-21(27)30)13-16(14-23-18)19(28)24-15-22(6-4-3-5-7-22)26-9-11-31-12-10-26/h13-14H,2-12,15H2,1H3,(H,24,28)(H,25,29,30). The number of rotatable bonds is 6. The fourth-order valence-electron chi connectivity index (χ4n) is 4.92. The summed E-state index contributed by atoms with van der Waals surface area (Å²) in [6.07, 6.45) is 7.86. The molecule has 0 atom stereocenters. The van der Waals surface area contributed by atoms with Crippen molar-refractivity contribution in [3.8, 4) is 0 Å². The minimum atomic E-state index is -0.522. The maximum absolute atomic E-state index is 13.0. The zero-order chi connectivity index (χ0) is 21.8. The van der Waals surface area contributed by atoms with Gasteiger partial charge in [0.25, 0.3) is 11.5 Å².